The van der Waals surface area contributed by atoms with E-state index in [4.69, 9.17) is 9.47 Å². The van der Waals surface area contributed by atoms with Crippen LogP contribution < -0.4 is 10.1 Å². The van der Waals surface area contributed by atoms with E-state index in [-0.39, 0.29) is 17.9 Å². The molecule has 1 N–H and O–H groups in total. The van der Waals surface area contributed by atoms with Gasteiger partial charge < -0.3 is 14.8 Å². The van der Waals surface area contributed by atoms with Crippen molar-refractivity contribution in [3.8, 4) is 5.75 Å². The fourth-order valence-electron chi connectivity index (χ4n) is 3.92. The number of fused-ring (bicyclic) bond motifs is 1. The van der Waals surface area contributed by atoms with Crippen molar-refractivity contribution in [1.82, 2.24) is 0 Å². The molecule has 1 aromatic heterocycles. The highest BCUT2D eigenvalue weighted by Crippen LogP contribution is 2.44. The van der Waals surface area contributed by atoms with E-state index in [0.717, 1.165) is 36.0 Å². The van der Waals surface area contributed by atoms with Gasteiger partial charge in [-0.15, -0.1) is 11.3 Å². The Morgan fingerprint density at radius 1 is 1.23 bits per heavy atom. The molecule has 1 aliphatic carbocycles. The van der Waals surface area contributed by atoms with E-state index in [1.54, 1.807) is 0 Å². The summed E-state index contributed by atoms with van der Waals surface area (Å²) in [5.74, 6) is 0.557. The van der Waals surface area contributed by atoms with E-state index < -0.39 is 5.97 Å². The van der Waals surface area contributed by atoms with Crippen LogP contribution in [0.25, 0.3) is 0 Å². The largest absolute Gasteiger partial charge is 0.483 e. The molecule has 30 heavy (non-hydrogen) atoms. The highest BCUT2D eigenvalue weighted by molar-refractivity contribution is 7.17. The number of rotatable bonds is 5. The summed E-state index contributed by atoms with van der Waals surface area (Å²) < 4.78 is 10.7. The van der Waals surface area contributed by atoms with E-state index in [1.165, 1.54) is 23.3 Å². The smallest absolute Gasteiger partial charge is 0.341 e. The van der Waals surface area contributed by atoms with E-state index in [9.17, 15) is 9.59 Å². The van der Waals surface area contributed by atoms with Gasteiger partial charge in [0.2, 0.25) is 0 Å². The number of carbonyl (C=O) groups is 2. The van der Waals surface area contributed by atoms with Crippen molar-refractivity contribution < 1.29 is 19.1 Å². The number of esters is 1. The molecule has 0 radical (unpaired) electrons. The van der Waals surface area contributed by atoms with Crippen LogP contribution in [0.5, 0.6) is 5.75 Å². The SMILES string of the molecule is COC(=O)c1c(NC(=O)COc2cccc(C)c2C)sc2c1CCC(C(C)(C)C)C2. The summed E-state index contributed by atoms with van der Waals surface area (Å²) >= 11 is 1.49. The molecule has 0 spiro atoms. The molecule has 162 valence electrons. The molecule has 1 aliphatic rings. The second kappa shape index (κ2) is 8.80. The van der Waals surface area contributed by atoms with E-state index in [0.29, 0.717) is 22.2 Å². The number of nitrogens with one attached hydrogen (secondary N) is 1. The summed E-state index contributed by atoms with van der Waals surface area (Å²) in [4.78, 5) is 26.3. The van der Waals surface area contributed by atoms with Crippen LogP contribution in [0.2, 0.25) is 0 Å². The van der Waals surface area contributed by atoms with Crippen LogP contribution in [0.15, 0.2) is 18.2 Å². The fourth-order valence-corrected chi connectivity index (χ4v) is 5.25. The number of amides is 1. The number of ether oxygens (including phenoxy) is 2. The number of hydrogen-bond donors (Lipinski definition) is 1. The standard InChI is InChI=1S/C24H31NO4S/c1-14-8-7-9-18(15(14)2)29-13-20(26)25-22-21(23(27)28-6)17-11-10-16(24(3,4)5)12-19(17)30-22/h7-9,16H,10-13H2,1-6H3,(H,25,26). The lowest BCUT2D eigenvalue weighted by Crippen LogP contribution is -2.26. The zero-order valence-electron chi connectivity index (χ0n) is 18.7. The molecule has 0 fully saturated rings. The number of benzene rings is 1. The summed E-state index contributed by atoms with van der Waals surface area (Å²) in [6.45, 7) is 10.6. The summed E-state index contributed by atoms with van der Waals surface area (Å²) in [6, 6.07) is 5.77. The summed E-state index contributed by atoms with van der Waals surface area (Å²) in [7, 11) is 1.38. The maximum absolute atomic E-state index is 12.6. The fraction of sp³-hybridized carbons (Fsp3) is 0.500. The van der Waals surface area contributed by atoms with Crippen molar-refractivity contribution in [3.63, 3.8) is 0 Å². The molecular formula is C24H31NO4S. The number of hydrogen-bond acceptors (Lipinski definition) is 5. The summed E-state index contributed by atoms with van der Waals surface area (Å²) in [5.41, 5.74) is 3.86. The minimum absolute atomic E-state index is 0.113. The second-order valence-electron chi connectivity index (χ2n) is 9.04. The molecule has 3 rings (SSSR count). The van der Waals surface area contributed by atoms with E-state index in [2.05, 4.69) is 26.1 Å². The van der Waals surface area contributed by atoms with E-state index >= 15 is 0 Å². The van der Waals surface area contributed by atoms with E-state index in [1.807, 2.05) is 32.0 Å². The van der Waals surface area contributed by atoms with Crippen molar-refractivity contribution in [2.45, 2.75) is 53.9 Å². The van der Waals surface area contributed by atoms with Gasteiger partial charge in [-0.1, -0.05) is 32.9 Å². The molecule has 1 amide bonds. The molecule has 0 saturated carbocycles. The van der Waals surface area contributed by atoms with Crippen molar-refractivity contribution in [3.05, 3.63) is 45.3 Å². The Bertz CT molecular complexity index is 955. The molecule has 2 aromatic rings. The quantitative estimate of drug-likeness (QED) is 0.653. The van der Waals surface area contributed by atoms with Gasteiger partial charge in [0.25, 0.3) is 5.91 Å². The van der Waals surface area contributed by atoms with Crippen LogP contribution in [0.1, 0.15) is 59.1 Å². The maximum Gasteiger partial charge on any atom is 0.341 e. The molecule has 0 bridgehead atoms. The first-order chi connectivity index (χ1) is 14.1. The van der Waals surface area contributed by atoms with Gasteiger partial charge in [-0.2, -0.15) is 0 Å². The predicted octanol–water partition coefficient (Wildman–Crippen LogP) is 5.32. The molecule has 0 aliphatic heterocycles. The van der Waals surface area contributed by atoms with Crippen LogP contribution in [-0.2, 0) is 22.4 Å². The van der Waals surface area contributed by atoms with Gasteiger partial charge in [-0.3, -0.25) is 4.79 Å². The van der Waals surface area contributed by atoms with Crippen LogP contribution in [0, 0.1) is 25.2 Å². The zero-order chi connectivity index (χ0) is 22.1. The van der Waals surface area contributed by atoms with Crippen molar-refractivity contribution >= 4 is 28.2 Å². The maximum atomic E-state index is 12.6. The average Bonchev–Trinajstić information content (AvgIpc) is 3.04. The molecule has 1 atom stereocenters. The summed E-state index contributed by atoms with van der Waals surface area (Å²) in [5, 5.41) is 3.46. The monoisotopic (exact) mass is 429 g/mol. The Hall–Kier alpha value is -2.34. The number of thiophene rings is 1. The van der Waals surface area contributed by atoms with Gasteiger partial charge in [0.15, 0.2) is 6.61 Å². The number of carbonyl (C=O) groups excluding carboxylic acids is 2. The molecule has 6 heteroatoms. The lowest BCUT2D eigenvalue weighted by atomic mass is 9.72. The van der Waals surface area contributed by atoms with Gasteiger partial charge in [0.05, 0.1) is 12.7 Å². The highest BCUT2D eigenvalue weighted by atomic mass is 32.1. The minimum Gasteiger partial charge on any atom is -0.483 e. The van der Waals surface area contributed by atoms with Crippen molar-refractivity contribution in [1.29, 1.82) is 0 Å². The predicted molar refractivity (Wildman–Crippen MR) is 121 cm³/mol. The third-order valence-electron chi connectivity index (χ3n) is 6.05. The highest BCUT2D eigenvalue weighted by Gasteiger charge is 2.34. The zero-order valence-corrected chi connectivity index (χ0v) is 19.5. The number of methoxy groups -OCH3 is 1. The number of aryl methyl sites for hydroxylation is 1. The Balaban J connectivity index is 1.78. The Labute approximate surface area is 182 Å². The van der Waals surface area contributed by atoms with Gasteiger partial charge >= 0.3 is 5.97 Å². The third-order valence-corrected chi connectivity index (χ3v) is 7.22. The molecule has 1 aromatic carbocycles. The lowest BCUT2D eigenvalue weighted by molar-refractivity contribution is -0.118. The van der Waals surface area contributed by atoms with Crippen LogP contribution in [0.4, 0.5) is 5.00 Å². The molecule has 1 unspecified atom stereocenters. The van der Waals surface area contributed by atoms with Crippen LogP contribution in [-0.4, -0.2) is 25.6 Å². The van der Waals surface area contributed by atoms with Gasteiger partial charge in [0.1, 0.15) is 10.8 Å². The van der Waals surface area contributed by atoms with Crippen molar-refractivity contribution in [2.75, 3.05) is 19.0 Å². The van der Waals surface area contributed by atoms with Gasteiger partial charge in [-0.05, 0) is 67.2 Å². The first-order valence-electron chi connectivity index (χ1n) is 10.3. The number of anilines is 1. The molecular weight excluding hydrogens is 398 g/mol. The molecule has 5 nitrogen and oxygen atoms in total. The van der Waals surface area contributed by atoms with Crippen LogP contribution in [0.3, 0.4) is 0 Å². The first-order valence-corrected chi connectivity index (χ1v) is 11.1. The van der Waals surface area contributed by atoms with Gasteiger partial charge in [-0.25, -0.2) is 4.79 Å². The molecule has 1 heterocycles. The average molecular weight is 430 g/mol. The first kappa shape index (κ1) is 22.3. The molecule has 0 saturated heterocycles. The third kappa shape index (κ3) is 4.69. The second-order valence-corrected chi connectivity index (χ2v) is 10.1. The topological polar surface area (TPSA) is 64.6 Å². The Morgan fingerprint density at radius 3 is 2.63 bits per heavy atom. The van der Waals surface area contributed by atoms with Crippen LogP contribution >= 0.6 is 11.3 Å². The van der Waals surface area contributed by atoms with Gasteiger partial charge in [0, 0.05) is 4.88 Å². The van der Waals surface area contributed by atoms with Crippen molar-refractivity contribution in [2.24, 2.45) is 11.3 Å². The lowest BCUT2D eigenvalue weighted by Gasteiger charge is -2.33. The minimum atomic E-state index is -0.396. The Morgan fingerprint density at radius 2 is 1.97 bits per heavy atom. The normalized spacial score (nSPS) is 16.0. The Kier molecular flexibility index (Phi) is 6.56. The summed E-state index contributed by atoms with van der Waals surface area (Å²) in [6.07, 6.45) is 2.77.